The minimum atomic E-state index is -0.870. The van der Waals surface area contributed by atoms with Crippen molar-refractivity contribution in [3.05, 3.63) is 82.4 Å². The number of aliphatic carboxylic acids is 1. The van der Waals surface area contributed by atoms with Crippen molar-refractivity contribution in [2.75, 3.05) is 14.2 Å². The van der Waals surface area contributed by atoms with Gasteiger partial charge in [-0.2, -0.15) is 0 Å². The molecule has 1 fully saturated rings. The van der Waals surface area contributed by atoms with E-state index in [4.69, 9.17) is 14.2 Å². The lowest BCUT2D eigenvalue weighted by Crippen LogP contribution is -2.23. The van der Waals surface area contributed by atoms with E-state index in [-0.39, 0.29) is 29.7 Å². The van der Waals surface area contributed by atoms with E-state index in [9.17, 15) is 9.90 Å². The zero-order valence-corrected chi connectivity index (χ0v) is 23.6. The molecular weight excluding hydrogens is 514 g/mol. The minimum absolute atomic E-state index is 0.0829. The third-order valence-electron chi connectivity index (χ3n) is 8.41. The maximum Gasteiger partial charge on any atom is 0.307 e. The standard InChI is InChI=1S/C33H36F2O5/c1-32(2,3)30(39-5)24-15-19(8-11-22(24)23-16-21(38-4)10-12-26(23)34)18-40-27-13-9-20-7-6-14-33(28(20)29(27)35)17-25(33)31(36)37/h8-13,15-16,25,30H,6-7,14,17-18H2,1-5H3,(H,36,37). The van der Waals surface area contributed by atoms with Crippen LogP contribution in [0.1, 0.15) is 68.4 Å². The van der Waals surface area contributed by atoms with E-state index in [1.54, 1.807) is 25.3 Å². The van der Waals surface area contributed by atoms with Crippen LogP contribution in [0.25, 0.3) is 11.1 Å². The van der Waals surface area contributed by atoms with Gasteiger partial charge in [-0.15, -0.1) is 0 Å². The first-order valence-electron chi connectivity index (χ1n) is 13.7. The topological polar surface area (TPSA) is 65.0 Å². The van der Waals surface area contributed by atoms with Crippen molar-refractivity contribution in [1.29, 1.82) is 0 Å². The lowest BCUT2D eigenvalue weighted by atomic mass is 9.78. The lowest BCUT2D eigenvalue weighted by molar-refractivity contribution is -0.139. The van der Waals surface area contributed by atoms with Crippen LogP contribution < -0.4 is 9.47 Å². The van der Waals surface area contributed by atoms with E-state index in [0.29, 0.717) is 35.3 Å². The molecular formula is C33H36F2O5. The van der Waals surface area contributed by atoms with E-state index in [1.807, 2.05) is 24.3 Å². The molecule has 3 unspecified atom stereocenters. The van der Waals surface area contributed by atoms with Gasteiger partial charge < -0.3 is 19.3 Å². The summed E-state index contributed by atoms with van der Waals surface area (Å²) in [6.07, 6.45) is 2.36. The van der Waals surface area contributed by atoms with Crippen LogP contribution >= 0.6 is 0 Å². The van der Waals surface area contributed by atoms with Gasteiger partial charge in [0, 0.05) is 23.7 Å². The molecule has 1 spiro atoms. The van der Waals surface area contributed by atoms with Crippen LogP contribution in [0.3, 0.4) is 0 Å². The zero-order chi connectivity index (χ0) is 28.8. The van der Waals surface area contributed by atoms with Gasteiger partial charge in [0.25, 0.3) is 0 Å². The van der Waals surface area contributed by atoms with Crippen molar-refractivity contribution >= 4 is 5.97 Å². The Morgan fingerprint density at radius 3 is 2.50 bits per heavy atom. The predicted octanol–water partition coefficient (Wildman–Crippen LogP) is 7.63. The Balaban J connectivity index is 1.49. The van der Waals surface area contributed by atoms with E-state index < -0.39 is 23.1 Å². The number of rotatable bonds is 8. The Labute approximate surface area is 234 Å². The van der Waals surface area contributed by atoms with Crippen LogP contribution in [0, 0.1) is 23.0 Å². The molecule has 7 heteroatoms. The third-order valence-corrected chi connectivity index (χ3v) is 8.41. The van der Waals surface area contributed by atoms with Gasteiger partial charge >= 0.3 is 5.97 Å². The highest BCUT2D eigenvalue weighted by Crippen LogP contribution is 2.61. The number of ether oxygens (including phenoxy) is 3. The molecule has 2 aliphatic rings. The van der Waals surface area contributed by atoms with Crippen LogP contribution in [0.4, 0.5) is 8.78 Å². The molecule has 5 nitrogen and oxygen atoms in total. The number of aryl methyl sites for hydroxylation is 1. The molecule has 3 aromatic rings. The fourth-order valence-electron chi connectivity index (χ4n) is 6.47. The van der Waals surface area contributed by atoms with Gasteiger partial charge in [-0.25, -0.2) is 8.78 Å². The first-order valence-corrected chi connectivity index (χ1v) is 13.7. The first-order chi connectivity index (χ1) is 19.0. The number of fused-ring (bicyclic) bond motifs is 2. The minimum Gasteiger partial charge on any atom is -0.497 e. The van der Waals surface area contributed by atoms with E-state index in [0.717, 1.165) is 29.5 Å². The number of methoxy groups -OCH3 is 2. The van der Waals surface area contributed by atoms with Gasteiger partial charge in [0.15, 0.2) is 11.6 Å². The second kappa shape index (κ2) is 10.5. The van der Waals surface area contributed by atoms with E-state index in [2.05, 4.69) is 20.8 Å². The first kappa shape index (κ1) is 28.1. The summed E-state index contributed by atoms with van der Waals surface area (Å²) in [6.45, 7) is 6.24. The normalized spacial score (nSPS) is 20.6. The summed E-state index contributed by atoms with van der Waals surface area (Å²) in [4.78, 5) is 11.7. The summed E-state index contributed by atoms with van der Waals surface area (Å²) in [7, 11) is 3.17. The highest BCUT2D eigenvalue weighted by Gasteiger charge is 2.62. The average Bonchev–Trinajstić information content (AvgIpc) is 3.63. The smallest absolute Gasteiger partial charge is 0.307 e. The number of carbonyl (C=O) groups is 1. The molecule has 3 atom stereocenters. The Kier molecular flexibility index (Phi) is 7.38. The summed E-state index contributed by atoms with van der Waals surface area (Å²) in [5.74, 6) is -1.60. The van der Waals surface area contributed by atoms with Crippen LogP contribution in [-0.2, 0) is 28.0 Å². The molecule has 0 aromatic heterocycles. The molecule has 5 rings (SSSR count). The number of halogens is 2. The molecule has 2 aliphatic carbocycles. The average molecular weight is 551 g/mol. The summed E-state index contributed by atoms with van der Waals surface area (Å²) < 4.78 is 48.2. The molecule has 0 amide bonds. The van der Waals surface area contributed by atoms with Gasteiger partial charge in [0.2, 0.25) is 0 Å². The van der Waals surface area contributed by atoms with Gasteiger partial charge in [-0.05, 0) is 83.7 Å². The third kappa shape index (κ3) is 4.96. The van der Waals surface area contributed by atoms with Gasteiger partial charge in [-0.1, -0.05) is 39.0 Å². The number of carboxylic acid groups (broad SMARTS) is 1. The number of benzene rings is 3. The molecule has 0 saturated heterocycles. The molecule has 0 bridgehead atoms. The number of hydrogen-bond donors (Lipinski definition) is 1. The fraction of sp³-hybridized carbons (Fsp3) is 0.424. The van der Waals surface area contributed by atoms with Crippen molar-refractivity contribution in [2.24, 2.45) is 11.3 Å². The molecule has 1 N–H and O–H groups in total. The van der Waals surface area contributed by atoms with Gasteiger partial charge in [-0.3, -0.25) is 4.79 Å². The lowest BCUT2D eigenvalue weighted by Gasteiger charge is -2.32. The molecule has 40 heavy (non-hydrogen) atoms. The highest BCUT2D eigenvalue weighted by atomic mass is 19.1. The van der Waals surface area contributed by atoms with E-state index in [1.165, 1.54) is 13.2 Å². The Bertz CT molecular complexity index is 1440. The quantitative estimate of drug-likeness (QED) is 0.312. The second-order valence-electron chi connectivity index (χ2n) is 12.1. The monoisotopic (exact) mass is 550 g/mol. The highest BCUT2D eigenvalue weighted by molar-refractivity contribution is 5.78. The SMILES string of the molecule is COc1ccc(F)c(-c2ccc(COc3ccc4c(c3F)C3(CCC4)CC3C(=O)O)cc2C(OC)C(C)(C)C)c1. The van der Waals surface area contributed by atoms with E-state index >= 15 is 8.78 Å². The van der Waals surface area contributed by atoms with Crippen molar-refractivity contribution in [3.63, 3.8) is 0 Å². The van der Waals surface area contributed by atoms with Gasteiger partial charge in [0.1, 0.15) is 18.2 Å². The molecule has 212 valence electrons. The van der Waals surface area contributed by atoms with Gasteiger partial charge in [0.05, 0.1) is 19.1 Å². The van der Waals surface area contributed by atoms with Crippen LogP contribution in [0.15, 0.2) is 48.5 Å². The molecule has 0 aliphatic heterocycles. The second-order valence-corrected chi connectivity index (χ2v) is 12.1. The number of carboxylic acids is 1. The molecule has 1 saturated carbocycles. The van der Waals surface area contributed by atoms with Crippen LogP contribution in [0.2, 0.25) is 0 Å². The van der Waals surface area contributed by atoms with Crippen molar-refractivity contribution in [1.82, 2.24) is 0 Å². The molecule has 0 heterocycles. The maximum absolute atomic E-state index is 15.9. The summed E-state index contributed by atoms with van der Waals surface area (Å²) in [6, 6.07) is 13.7. The summed E-state index contributed by atoms with van der Waals surface area (Å²) in [5, 5.41) is 9.61. The Morgan fingerprint density at radius 2 is 1.85 bits per heavy atom. The van der Waals surface area contributed by atoms with Crippen molar-refractivity contribution < 1.29 is 32.9 Å². The Hall–Kier alpha value is -3.45. The summed E-state index contributed by atoms with van der Waals surface area (Å²) in [5.41, 5.74) is 3.10. The summed E-state index contributed by atoms with van der Waals surface area (Å²) >= 11 is 0. The predicted molar refractivity (Wildman–Crippen MR) is 149 cm³/mol. The zero-order valence-electron chi connectivity index (χ0n) is 23.6. The number of hydrogen-bond acceptors (Lipinski definition) is 4. The maximum atomic E-state index is 15.9. The van der Waals surface area contributed by atoms with Crippen molar-refractivity contribution in [3.8, 4) is 22.6 Å². The molecule has 3 aromatic carbocycles. The largest absolute Gasteiger partial charge is 0.497 e. The van der Waals surface area contributed by atoms with Crippen LogP contribution in [-0.4, -0.2) is 25.3 Å². The Morgan fingerprint density at radius 1 is 1.07 bits per heavy atom. The fourth-order valence-corrected chi connectivity index (χ4v) is 6.47. The molecule has 0 radical (unpaired) electrons. The van der Waals surface area contributed by atoms with Crippen molar-refractivity contribution in [2.45, 2.75) is 64.6 Å². The van der Waals surface area contributed by atoms with Crippen LogP contribution in [0.5, 0.6) is 11.5 Å².